The molecule has 70 valence electrons. The third-order valence-corrected chi connectivity index (χ3v) is 2.37. The van der Waals surface area contributed by atoms with Crippen LogP contribution >= 0.6 is 0 Å². The molecule has 0 saturated carbocycles. The van der Waals surface area contributed by atoms with E-state index in [9.17, 15) is 4.79 Å². The lowest BCUT2D eigenvalue weighted by atomic mass is 10.2. The first-order chi connectivity index (χ1) is 5.79. The van der Waals surface area contributed by atoms with Crippen LogP contribution < -0.4 is 5.73 Å². The van der Waals surface area contributed by atoms with Gasteiger partial charge in [-0.05, 0) is 25.9 Å². The minimum absolute atomic E-state index is 0.181. The fourth-order valence-electron chi connectivity index (χ4n) is 1.63. The summed E-state index contributed by atoms with van der Waals surface area (Å²) in [6.45, 7) is 3.15. The first kappa shape index (κ1) is 9.52. The van der Waals surface area contributed by atoms with E-state index in [0.29, 0.717) is 6.42 Å². The maximum Gasteiger partial charge on any atom is 0.218 e. The predicted octanol–water partition coefficient (Wildman–Crippen LogP) is 0.738. The quantitative estimate of drug-likeness (QED) is 0.679. The smallest absolute Gasteiger partial charge is 0.218 e. The van der Waals surface area contributed by atoms with Gasteiger partial charge in [-0.2, -0.15) is 0 Å². The van der Waals surface area contributed by atoms with Crippen LogP contribution in [-0.4, -0.2) is 30.4 Å². The first-order valence-corrected chi connectivity index (χ1v) is 4.80. The second kappa shape index (κ2) is 5.14. The van der Waals surface area contributed by atoms with Gasteiger partial charge in [-0.3, -0.25) is 4.79 Å². The van der Waals surface area contributed by atoms with Crippen LogP contribution in [0.4, 0.5) is 0 Å². The van der Waals surface area contributed by atoms with Crippen molar-refractivity contribution in [3.63, 3.8) is 0 Å². The molecule has 1 aliphatic rings. The molecule has 0 atom stereocenters. The van der Waals surface area contributed by atoms with Gasteiger partial charge in [-0.1, -0.05) is 12.8 Å². The lowest BCUT2D eigenvalue weighted by Gasteiger charge is -2.18. The lowest BCUT2D eigenvalue weighted by molar-refractivity contribution is -0.118. The summed E-state index contributed by atoms with van der Waals surface area (Å²) < 4.78 is 0. The van der Waals surface area contributed by atoms with E-state index in [0.717, 1.165) is 19.6 Å². The highest BCUT2D eigenvalue weighted by molar-refractivity contribution is 5.73. The second-order valence-corrected chi connectivity index (χ2v) is 3.47. The van der Waals surface area contributed by atoms with Gasteiger partial charge in [0.25, 0.3) is 0 Å². The summed E-state index contributed by atoms with van der Waals surface area (Å²) in [5.74, 6) is -0.181. The van der Waals surface area contributed by atoms with Crippen molar-refractivity contribution in [2.45, 2.75) is 32.1 Å². The molecule has 1 aliphatic heterocycles. The van der Waals surface area contributed by atoms with Gasteiger partial charge in [0, 0.05) is 13.0 Å². The van der Waals surface area contributed by atoms with E-state index in [-0.39, 0.29) is 5.91 Å². The monoisotopic (exact) mass is 170 g/mol. The maximum atomic E-state index is 10.5. The van der Waals surface area contributed by atoms with Crippen LogP contribution in [0.5, 0.6) is 0 Å². The Labute approximate surface area is 73.9 Å². The Morgan fingerprint density at radius 1 is 1.17 bits per heavy atom. The zero-order valence-corrected chi connectivity index (χ0v) is 7.59. The van der Waals surface area contributed by atoms with E-state index in [2.05, 4.69) is 4.90 Å². The second-order valence-electron chi connectivity index (χ2n) is 3.47. The highest BCUT2D eigenvalue weighted by atomic mass is 16.1. The summed E-state index contributed by atoms with van der Waals surface area (Å²) in [5.41, 5.74) is 5.08. The molecular formula is C9H18N2O. The molecule has 0 aromatic rings. The van der Waals surface area contributed by atoms with Crippen LogP contribution in [-0.2, 0) is 4.79 Å². The highest BCUT2D eigenvalue weighted by Gasteiger charge is 2.08. The van der Waals surface area contributed by atoms with Crippen molar-refractivity contribution in [3.8, 4) is 0 Å². The largest absolute Gasteiger partial charge is 0.370 e. The molecule has 12 heavy (non-hydrogen) atoms. The van der Waals surface area contributed by atoms with Crippen molar-refractivity contribution in [2.24, 2.45) is 5.73 Å². The maximum absolute atomic E-state index is 10.5. The van der Waals surface area contributed by atoms with Gasteiger partial charge in [0.05, 0.1) is 0 Å². The molecule has 0 radical (unpaired) electrons. The van der Waals surface area contributed by atoms with Crippen LogP contribution in [0.2, 0.25) is 0 Å². The number of primary amides is 1. The van der Waals surface area contributed by atoms with Gasteiger partial charge < -0.3 is 10.6 Å². The number of rotatable bonds is 3. The summed E-state index contributed by atoms with van der Waals surface area (Å²) in [5, 5.41) is 0. The highest BCUT2D eigenvalue weighted by Crippen LogP contribution is 2.09. The Kier molecular flexibility index (Phi) is 4.08. The molecule has 0 bridgehead atoms. The summed E-state index contributed by atoms with van der Waals surface area (Å²) in [7, 11) is 0. The van der Waals surface area contributed by atoms with Crippen LogP contribution in [0.1, 0.15) is 32.1 Å². The Morgan fingerprint density at radius 3 is 2.25 bits per heavy atom. The number of hydrogen-bond donors (Lipinski definition) is 1. The third-order valence-electron chi connectivity index (χ3n) is 2.37. The van der Waals surface area contributed by atoms with Gasteiger partial charge in [0.15, 0.2) is 0 Å². The van der Waals surface area contributed by atoms with Crippen molar-refractivity contribution in [1.29, 1.82) is 0 Å². The van der Waals surface area contributed by atoms with E-state index < -0.39 is 0 Å². The van der Waals surface area contributed by atoms with Crippen LogP contribution in [0, 0.1) is 0 Å². The number of likely N-dealkylation sites (tertiary alicyclic amines) is 1. The molecule has 1 saturated heterocycles. The van der Waals surface area contributed by atoms with E-state index in [1.165, 1.54) is 25.7 Å². The SMILES string of the molecule is NC(=O)CCN1CCCCCC1. The number of hydrogen-bond acceptors (Lipinski definition) is 2. The fourth-order valence-corrected chi connectivity index (χ4v) is 1.63. The molecule has 0 aliphatic carbocycles. The van der Waals surface area contributed by atoms with Gasteiger partial charge >= 0.3 is 0 Å². The normalized spacial score (nSPS) is 20.3. The molecule has 0 spiro atoms. The van der Waals surface area contributed by atoms with E-state index >= 15 is 0 Å². The van der Waals surface area contributed by atoms with E-state index in [1.54, 1.807) is 0 Å². The Morgan fingerprint density at radius 2 is 1.75 bits per heavy atom. The Hall–Kier alpha value is -0.570. The molecule has 0 unspecified atom stereocenters. The van der Waals surface area contributed by atoms with E-state index in [1.807, 2.05) is 0 Å². The molecule has 2 N–H and O–H groups in total. The molecule has 3 nitrogen and oxygen atoms in total. The predicted molar refractivity (Wildman–Crippen MR) is 48.7 cm³/mol. The van der Waals surface area contributed by atoms with Crippen molar-refractivity contribution in [2.75, 3.05) is 19.6 Å². The third kappa shape index (κ3) is 3.72. The number of carbonyl (C=O) groups is 1. The van der Waals surface area contributed by atoms with Gasteiger partial charge in [0.2, 0.25) is 5.91 Å². The van der Waals surface area contributed by atoms with Crippen molar-refractivity contribution in [1.82, 2.24) is 4.90 Å². The standard InChI is InChI=1S/C9H18N2O/c10-9(12)5-8-11-6-3-1-2-4-7-11/h1-8H2,(H2,10,12). The number of carbonyl (C=O) groups excluding carboxylic acids is 1. The van der Waals surface area contributed by atoms with Crippen molar-refractivity contribution in [3.05, 3.63) is 0 Å². The topological polar surface area (TPSA) is 46.3 Å². The van der Waals surface area contributed by atoms with E-state index in [4.69, 9.17) is 5.73 Å². The van der Waals surface area contributed by atoms with Crippen LogP contribution in [0.15, 0.2) is 0 Å². The molecule has 0 aromatic heterocycles. The molecule has 1 rings (SSSR count). The Balaban J connectivity index is 2.16. The zero-order chi connectivity index (χ0) is 8.81. The average Bonchev–Trinajstić information content (AvgIpc) is 2.28. The average molecular weight is 170 g/mol. The Bertz CT molecular complexity index is 139. The first-order valence-electron chi connectivity index (χ1n) is 4.80. The molecule has 0 aromatic carbocycles. The lowest BCUT2D eigenvalue weighted by Crippen LogP contribution is -2.28. The molecule has 1 fully saturated rings. The number of amides is 1. The van der Waals surface area contributed by atoms with Gasteiger partial charge in [-0.15, -0.1) is 0 Å². The van der Waals surface area contributed by atoms with Crippen LogP contribution in [0.3, 0.4) is 0 Å². The molecule has 1 heterocycles. The summed E-state index contributed by atoms with van der Waals surface area (Å²) in [6, 6.07) is 0. The van der Waals surface area contributed by atoms with Gasteiger partial charge in [-0.25, -0.2) is 0 Å². The molecular weight excluding hydrogens is 152 g/mol. The summed E-state index contributed by atoms with van der Waals surface area (Å²) in [4.78, 5) is 12.9. The molecule has 3 heteroatoms. The van der Waals surface area contributed by atoms with Crippen molar-refractivity contribution >= 4 is 5.91 Å². The number of nitrogens with zero attached hydrogens (tertiary/aromatic N) is 1. The van der Waals surface area contributed by atoms with Gasteiger partial charge in [0.1, 0.15) is 0 Å². The minimum atomic E-state index is -0.181. The van der Waals surface area contributed by atoms with Crippen molar-refractivity contribution < 1.29 is 4.79 Å². The zero-order valence-electron chi connectivity index (χ0n) is 7.59. The summed E-state index contributed by atoms with van der Waals surface area (Å²) >= 11 is 0. The van der Waals surface area contributed by atoms with Crippen LogP contribution in [0.25, 0.3) is 0 Å². The number of nitrogens with two attached hydrogens (primary N) is 1. The fraction of sp³-hybridized carbons (Fsp3) is 0.889. The summed E-state index contributed by atoms with van der Waals surface area (Å²) in [6.07, 6.45) is 5.75. The molecule has 1 amide bonds. The minimum Gasteiger partial charge on any atom is -0.370 e.